The van der Waals surface area contributed by atoms with Crippen LogP contribution in [0.3, 0.4) is 0 Å². The minimum Gasteiger partial charge on any atom is -0.357 e. The molecule has 4 heteroatoms. The predicted molar refractivity (Wildman–Crippen MR) is 54.3 cm³/mol. The Labute approximate surface area is 78.6 Å². The Bertz CT molecular complexity index is 211. The van der Waals surface area contributed by atoms with Crippen LogP contribution in [0.15, 0.2) is 15.9 Å². The van der Waals surface area contributed by atoms with Gasteiger partial charge in [-0.15, -0.1) is 11.3 Å². The highest BCUT2D eigenvalue weighted by Crippen LogP contribution is 2.27. The average molecular weight is 238 g/mol. The first kappa shape index (κ1) is 8.43. The molecule has 0 N–H and O–H groups in total. The third-order valence-corrected chi connectivity index (χ3v) is 3.37. The zero-order chi connectivity index (χ0) is 7.56. The maximum atomic E-state index is 4.15. The van der Waals surface area contributed by atoms with Gasteiger partial charge in [0.25, 0.3) is 0 Å². The second-order valence-corrected chi connectivity index (χ2v) is 4.03. The maximum Gasteiger partial charge on any atom is 0.0924 e. The van der Waals surface area contributed by atoms with E-state index in [1.165, 1.54) is 5.00 Å². The standard InChI is InChI=1S/C6H8BrNS2/c1-8(4-9)6-2-5(7)3-10-6/h2-3,9H,4H2,1H3. The zero-order valence-electron chi connectivity index (χ0n) is 5.54. The molecular formula is C6H8BrNS2. The van der Waals surface area contributed by atoms with E-state index >= 15 is 0 Å². The van der Waals surface area contributed by atoms with Gasteiger partial charge >= 0.3 is 0 Å². The molecule has 1 aromatic rings. The summed E-state index contributed by atoms with van der Waals surface area (Å²) in [6.07, 6.45) is 0. The summed E-state index contributed by atoms with van der Waals surface area (Å²) in [5.41, 5.74) is 0. The Balaban J connectivity index is 2.74. The molecule has 1 heterocycles. The van der Waals surface area contributed by atoms with E-state index in [1.807, 2.05) is 7.05 Å². The van der Waals surface area contributed by atoms with Gasteiger partial charge in [-0.25, -0.2) is 0 Å². The van der Waals surface area contributed by atoms with E-state index < -0.39 is 0 Å². The van der Waals surface area contributed by atoms with Crippen molar-refractivity contribution in [2.45, 2.75) is 0 Å². The number of anilines is 1. The topological polar surface area (TPSA) is 3.24 Å². The number of thiol groups is 1. The normalized spacial score (nSPS) is 9.90. The number of rotatable bonds is 2. The first-order valence-electron chi connectivity index (χ1n) is 2.80. The van der Waals surface area contributed by atoms with Crippen molar-refractivity contribution >= 4 is 44.9 Å². The Morgan fingerprint density at radius 1 is 1.80 bits per heavy atom. The number of nitrogens with zero attached hydrogens (tertiary/aromatic N) is 1. The fraction of sp³-hybridized carbons (Fsp3) is 0.333. The summed E-state index contributed by atoms with van der Waals surface area (Å²) in [5.74, 6) is 0.757. The molecule has 0 fully saturated rings. The van der Waals surface area contributed by atoms with E-state index in [1.54, 1.807) is 11.3 Å². The quantitative estimate of drug-likeness (QED) is 0.612. The molecule has 1 rings (SSSR count). The molecule has 1 nitrogen and oxygen atoms in total. The molecule has 0 aliphatic heterocycles. The lowest BCUT2D eigenvalue weighted by atomic mass is 10.6. The lowest BCUT2D eigenvalue weighted by molar-refractivity contribution is 1.12. The number of hydrogen-bond donors (Lipinski definition) is 1. The SMILES string of the molecule is CN(CS)c1cc(Br)cs1. The lowest BCUT2D eigenvalue weighted by Gasteiger charge is -2.11. The van der Waals surface area contributed by atoms with Crippen LogP contribution >= 0.6 is 39.9 Å². The molecule has 0 saturated heterocycles. The molecule has 10 heavy (non-hydrogen) atoms. The second kappa shape index (κ2) is 3.64. The summed E-state index contributed by atoms with van der Waals surface area (Å²) in [4.78, 5) is 2.08. The van der Waals surface area contributed by atoms with Gasteiger partial charge in [-0.3, -0.25) is 0 Å². The molecule has 56 valence electrons. The van der Waals surface area contributed by atoms with E-state index in [2.05, 4.69) is 44.9 Å². The van der Waals surface area contributed by atoms with Gasteiger partial charge in [0.05, 0.1) is 10.9 Å². The first-order valence-corrected chi connectivity index (χ1v) is 5.10. The molecule has 0 radical (unpaired) electrons. The second-order valence-electron chi connectivity index (χ2n) is 1.94. The Morgan fingerprint density at radius 3 is 2.90 bits per heavy atom. The predicted octanol–water partition coefficient (Wildman–Crippen LogP) is 2.83. The fourth-order valence-electron chi connectivity index (χ4n) is 0.573. The molecule has 0 spiro atoms. The van der Waals surface area contributed by atoms with Gasteiger partial charge in [-0.1, -0.05) is 0 Å². The summed E-state index contributed by atoms with van der Waals surface area (Å²) in [7, 11) is 2.02. The summed E-state index contributed by atoms with van der Waals surface area (Å²) >= 11 is 9.25. The smallest absolute Gasteiger partial charge is 0.0924 e. The molecule has 0 unspecified atom stereocenters. The van der Waals surface area contributed by atoms with E-state index in [4.69, 9.17) is 0 Å². The lowest BCUT2D eigenvalue weighted by Crippen LogP contribution is -2.12. The van der Waals surface area contributed by atoms with Crippen LogP contribution in [0.2, 0.25) is 0 Å². The van der Waals surface area contributed by atoms with Crippen molar-refractivity contribution in [1.82, 2.24) is 0 Å². The Kier molecular flexibility index (Phi) is 3.07. The van der Waals surface area contributed by atoms with Gasteiger partial charge < -0.3 is 4.90 Å². The molecule has 0 aliphatic rings. The molecule has 0 bridgehead atoms. The molecule has 0 aliphatic carbocycles. The van der Waals surface area contributed by atoms with E-state index in [0.717, 1.165) is 10.3 Å². The summed E-state index contributed by atoms with van der Waals surface area (Å²) < 4.78 is 1.14. The molecule has 1 aromatic heterocycles. The van der Waals surface area contributed by atoms with Crippen LogP contribution < -0.4 is 4.90 Å². The highest BCUT2D eigenvalue weighted by atomic mass is 79.9. The summed E-state index contributed by atoms with van der Waals surface area (Å²) in [5, 5.41) is 3.30. The van der Waals surface area contributed by atoms with Crippen molar-refractivity contribution in [2.24, 2.45) is 0 Å². The molecule has 0 atom stereocenters. The van der Waals surface area contributed by atoms with Crippen molar-refractivity contribution in [2.75, 3.05) is 17.8 Å². The molecular weight excluding hydrogens is 230 g/mol. The van der Waals surface area contributed by atoms with Gasteiger partial charge in [0, 0.05) is 16.9 Å². The van der Waals surface area contributed by atoms with Crippen molar-refractivity contribution in [3.63, 3.8) is 0 Å². The highest BCUT2D eigenvalue weighted by molar-refractivity contribution is 9.10. The largest absolute Gasteiger partial charge is 0.357 e. The van der Waals surface area contributed by atoms with Gasteiger partial charge in [-0.2, -0.15) is 12.6 Å². The summed E-state index contributed by atoms with van der Waals surface area (Å²) in [6.45, 7) is 0. The van der Waals surface area contributed by atoms with Crippen LogP contribution in [0.4, 0.5) is 5.00 Å². The monoisotopic (exact) mass is 237 g/mol. The van der Waals surface area contributed by atoms with Crippen molar-refractivity contribution in [3.05, 3.63) is 15.9 Å². The third-order valence-electron chi connectivity index (χ3n) is 1.14. The Morgan fingerprint density at radius 2 is 2.50 bits per heavy atom. The molecule has 0 aromatic carbocycles. The molecule has 0 saturated carbocycles. The van der Waals surface area contributed by atoms with E-state index in [-0.39, 0.29) is 0 Å². The van der Waals surface area contributed by atoms with Crippen molar-refractivity contribution in [3.8, 4) is 0 Å². The van der Waals surface area contributed by atoms with Crippen molar-refractivity contribution < 1.29 is 0 Å². The minimum atomic E-state index is 0.757. The number of thiophene rings is 1. The van der Waals surface area contributed by atoms with Gasteiger partial charge in [0.1, 0.15) is 0 Å². The van der Waals surface area contributed by atoms with Gasteiger partial charge in [0.2, 0.25) is 0 Å². The minimum absolute atomic E-state index is 0.757. The van der Waals surface area contributed by atoms with Crippen LogP contribution in [-0.2, 0) is 0 Å². The Hall–Kier alpha value is 0.330. The van der Waals surface area contributed by atoms with Crippen LogP contribution in [0.5, 0.6) is 0 Å². The first-order chi connectivity index (χ1) is 4.74. The number of hydrogen-bond acceptors (Lipinski definition) is 3. The van der Waals surface area contributed by atoms with Crippen LogP contribution in [0.1, 0.15) is 0 Å². The van der Waals surface area contributed by atoms with Crippen LogP contribution in [0, 0.1) is 0 Å². The van der Waals surface area contributed by atoms with E-state index in [0.29, 0.717) is 0 Å². The van der Waals surface area contributed by atoms with E-state index in [9.17, 15) is 0 Å². The zero-order valence-corrected chi connectivity index (χ0v) is 8.84. The number of halogens is 1. The van der Waals surface area contributed by atoms with Crippen LogP contribution in [0.25, 0.3) is 0 Å². The van der Waals surface area contributed by atoms with Crippen molar-refractivity contribution in [1.29, 1.82) is 0 Å². The van der Waals surface area contributed by atoms with Gasteiger partial charge in [-0.05, 0) is 22.0 Å². The van der Waals surface area contributed by atoms with Crippen LogP contribution in [-0.4, -0.2) is 12.9 Å². The average Bonchev–Trinajstić information content (AvgIpc) is 2.34. The highest BCUT2D eigenvalue weighted by Gasteiger charge is 1.99. The van der Waals surface area contributed by atoms with Gasteiger partial charge in [0.15, 0.2) is 0 Å². The maximum absolute atomic E-state index is 4.15. The summed E-state index contributed by atoms with van der Waals surface area (Å²) in [6, 6.07) is 2.08. The fourth-order valence-corrected chi connectivity index (χ4v) is 2.21. The third kappa shape index (κ3) is 1.90. The molecule has 0 amide bonds.